The highest BCUT2D eigenvalue weighted by Crippen LogP contribution is 2.56. The third-order valence-corrected chi connectivity index (χ3v) is 7.88. The number of aliphatic hydroxyl groups is 1. The summed E-state index contributed by atoms with van der Waals surface area (Å²) in [5.74, 6) is 1.67. The number of carbonyl (C=O) groups is 1. The number of fused-ring (bicyclic) bond motifs is 1. The Labute approximate surface area is 170 Å². The van der Waals surface area contributed by atoms with Crippen molar-refractivity contribution in [1.82, 2.24) is 19.9 Å². The number of imidazole rings is 1. The van der Waals surface area contributed by atoms with Crippen molar-refractivity contribution in [3.63, 3.8) is 0 Å². The van der Waals surface area contributed by atoms with Crippen LogP contribution in [-0.2, 0) is 0 Å². The largest absolute Gasteiger partial charge is 0.390 e. The Morgan fingerprint density at radius 3 is 2.62 bits per heavy atom. The minimum absolute atomic E-state index is 0.0682. The number of anilines is 1. The number of H-pyrrole nitrogens is 1. The SMILES string of the molecule is O=C(c1cnc2nc[nH]c2c1NC1[C@@H]2CC3C[C@H]1CC(O)(C3)C2)N1CCCCC1. The maximum Gasteiger partial charge on any atom is 0.257 e. The fourth-order valence-electron chi connectivity index (χ4n) is 6.86. The van der Waals surface area contributed by atoms with Crippen LogP contribution in [0.25, 0.3) is 11.2 Å². The van der Waals surface area contributed by atoms with Crippen LogP contribution in [0.2, 0.25) is 0 Å². The van der Waals surface area contributed by atoms with Gasteiger partial charge in [0, 0.05) is 25.3 Å². The molecule has 0 spiro atoms. The number of nitrogens with one attached hydrogen (secondary N) is 2. The van der Waals surface area contributed by atoms with Crippen molar-refractivity contribution >= 4 is 22.8 Å². The van der Waals surface area contributed by atoms with Crippen molar-refractivity contribution in [1.29, 1.82) is 0 Å². The molecule has 4 saturated carbocycles. The van der Waals surface area contributed by atoms with Crippen molar-refractivity contribution in [2.45, 2.75) is 63.0 Å². The first kappa shape index (κ1) is 17.7. The Kier molecular flexibility index (Phi) is 3.92. The predicted molar refractivity (Wildman–Crippen MR) is 110 cm³/mol. The lowest BCUT2D eigenvalue weighted by molar-refractivity contribution is -0.129. The smallest absolute Gasteiger partial charge is 0.257 e. The van der Waals surface area contributed by atoms with E-state index in [0.29, 0.717) is 35.0 Å². The third kappa shape index (κ3) is 2.85. The lowest BCUT2D eigenvalue weighted by Crippen LogP contribution is -2.59. The van der Waals surface area contributed by atoms with E-state index in [1.54, 1.807) is 12.5 Å². The van der Waals surface area contributed by atoms with Gasteiger partial charge in [0.2, 0.25) is 0 Å². The predicted octanol–water partition coefficient (Wildman–Crippen LogP) is 2.94. The van der Waals surface area contributed by atoms with Gasteiger partial charge >= 0.3 is 0 Å². The lowest BCUT2D eigenvalue weighted by Gasteiger charge is -2.58. The quantitative estimate of drug-likeness (QED) is 0.743. The summed E-state index contributed by atoms with van der Waals surface area (Å²) < 4.78 is 0. The van der Waals surface area contributed by atoms with E-state index in [4.69, 9.17) is 0 Å². The van der Waals surface area contributed by atoms with Gasteiger partial charge in [-0.25, -0.2) is 9.97 Å². The molecule has 7 nitrogen and oxygen atoms in total. The Bertz CT molecular complexity index is 934. The molecule has 5 atom stereocenters. The van der Waals surface area contributed by atoms with E-state index >= 15 is 0 Å². The van der Waals surface area contributed by atoms with E-state index < -0.39 is 5.60 Å². The van der Waals surface area contributed by atoms with Crippen LogP contribution in [0, 0.1) is 17.8 Å². The van der Waals surface area contributed by atoms with Gasteiger partial charge in [-0.3, -0.25) is 4.79 Å². The summed E-state index contributed by atoms with van der Waals surface area (Å²) in [6, 6.07) is 0.300. The number of likely N-dealkylation sites (tertiary alicyclic amines) is 1. The van der Waals surface area contributed by atoms with Crippen LogP contribution >= 0.6 is 0 Å². The normalized spacial score (nSPS) is 36.0. The van der Waals surface area contributed by atoms with Gasteiger partial charge in [-0.1, -0.05) is 0 Å². The number of aromatic amines is 1. The molecule has 1 aliphatic heterocycles. The molecular weight excluding hydrogens is 366 g/mol. The first-order valence-corrected chi connectivity index (χ1v) is 11.2. The Hall–Kier alpha value is -2.15. The fourth-order valence-corrected chi connectivity index (χ4v) is 6.86. The molecule has 7 heteroatoms. The highest BCUT2D eigenvalue weighted by atomic mass is 16.3. The average molecular weight is 396 g/mol. The summed E-state index contributed by atoms with van der Waals surface area (Å²) in [6.45, 7) is 1.64. The maximum atomic E-state index is 13.4. The zero-order chi connectivity index (χ0) is 19.6. The van der Waals surface area contributed by atoms with Gasteiger partial charge in [-0.05, 0) is 69.1 Å². The van der Waals surface area contributed by atoms with Crippen LogP contribution in [0.15, 0.2) is 12.5 Å². The summed E-state index contributed by atoms with van der Waals surface area (Å²) in [5.41, 5.74) is 2.51. The first-order valence-electron chi connectivity index (χ1n) is 11.2. The topological polar surface area (TPSA) is 94.1 Å². The van der Waals surface area contributed by atoms with E-state index in [0.717, 1.165) is 56.4 Å². The second-order valence-electron chi connectivity index (χ2n) is 9.87. The molecule has 5 fully saturated rings. The summed E-state index contributed by atoms with van der Waals surface area (Å²) >= 11 is 0. The molecule has 1 saturated heterocycles. The molecular formula is C22H29N5O2. The molecule has 29 heavy (non-hydrogen) atoms. The van der Waals surface area contributed by atoms with Crippen LogP contribution in [0.1, 0.15) is 61.7 Å². The van der Waals surface area contributed by atoms with Crippen molar-refractivity contribution in [3.8, 4) is 0 Å². The van der Waals surface area contributed by atoms with Gasteiger partial charge in [-0.15, -0.1) is 0 Å². The molecule has 154 valence electrons. The number of aromatic nitrogens is 3. The molecule has 3 unspecified atom stereocenters. The molecule has 2 aromatic rings. The lowest BCUT2D eigenvalue weighted by atomic mass is 9.52. The monoisotopic (exact) mass is 395 g/mol. The molecule has 0 radical (unpaired) electrons. The van der Waals surface area contributed by atoms with E-state index in [-0.39, 0.29) is 5.91 Å². The van der Waals surface area contributed by atoms with Gasteiger partial charge in [0.1, 0.15) is 5.52 Å². The van der Waals surface area contributed by atoms with Crippen molar-refractivity contribution < 1.29 is 9.90 Å². The summed E-state index contributed by atoms with van der Waals surface area (Å²) in [5, 5.41) is 14.7. The van der Waals surface area contributed by atoms with Crippen molar-refractivity contribution in [2.24, 2.45) is 17.8 Å². The van der Waals surface area contributed by atoms with Gasteiger partial charge in [0.25, 0.3) is 5.91 Å². The number of rotatable bonds is 3. The zero-order valence-corrected chi connectivity index (χ0v) is 16.7. The van der Waals surface area contributed by atoms with Crippen LogP contribution in [0.5, 0.6) is 0 Å². The van der Waals surface area contributed by atoms with Gasteiger partial charge in [0.05, 0.1) is 23.2 Å². The third-order valence-electron chi connectivity index (χ3n) is 7.88. The number of hydrogen-bond donors (Lipinski definition) is 3. The van der Waals surface area contributed by atoms with E-state index in [9.17, 15) is 9.90 Å². The Morgan fingerprint density at radius 1 is 1.14 bits per heavy atom. The maximum absolute atomic E-state index is 13.4. The Balaban J connectivity index is 1.36. The number of amides is 1. The van der Waals surface area contributed by atoms with E-state index in [1.807, 2.05) is 4.90 Å². The van der Waals surface area contributed by atoms with Crippen molar-refractivity contribution in [3.05, 3.63) is 18.1 Å². The molecule has 5 aliphatic rings. The first-order chi connectivity index (χ1) is 14.1. The molecule has 1 amide bonds. The van der Waals surface area contributed by atoms with Gasteiger partial charge < -0.3 is 20.3 Å². The second kappa shape index (κ2) is 6.42. The minimum Gasteiger partial charge on any atom is -0.390 e. The average Bonchev–Trinajstić information content (AvgIpc) is 3.19. The van der Waals surface area contributed by atoms with Crippen LogP contribution in [0.4, 0.5) is 5.69 Å². The summed E-state index contributed by atoms with van der Waals surface area (Å²) in [6.07, 6.45) is 11.8. The Morgan fingerprint density at radius 2 is 1.90 bits per heavy atom. The second-order valence-corrected chi connectivity index (χ2v) is 9.87. The molecule has 7 rings (SSSR count). The van der Waals surface area contributed by atoms with Crippen LogP contribution < -0.4 is 5.32 Å². The van der Waals surface area contributed by atoms with Gasteiger partial charge in [-0.2, -0.15) is 0 Å². The van der Waals surface area contributed by atoms with Crippen LogP contribution in [-0.4, -0.2) is 55.6 Å². The molecule has 2 aromatic heterocycles. The molecule has 0 aromatic carbocycles. The highest BCUT2D eigenvalue weighted by molar-refractivity contribution is 6.05. The van der Waals surface area contributed by atoms with E-state index in [1.165, 1.54) is 19.3 Å². The van der Waals surface area contributed by atoms with Crippen LogP contribution in [0.3, 0.4) is 0 Å². The van der Waals surface area contributed by atoms with Gasteiger partial charge in [0.15, 0.2) is 5.65 Å². The number of nitrogens with zero attached hydrogens (tertiary/aromatic N) is 3. The molecule has 3 heterocycles. The minimum atomic E-state index is -0.456. The standard InChI is InChI=1S/C22H29N5O2/c28-21(27-4-2-1-3-5-27)16-11-23-20-19(24-12-25-20)18(16)26-17-14-6-13-7-15(17)10-22(29,8-13)9-14/h11-15,17,29H,1-10H2,(H2,23,24,25,26)/t13?,14-,15+,17?,22?. The zero-order valence-electron chi connectivity index (χ0n) is 16.7. The van der Waals surface area contributed by atoms with E-state index in [2.05, 4.69) is 20.3 Å². The number of pyridine rings is 1. The molecule has 4 aliphatic carbocycles. The fraction of sp³-hybridized carbons (Fsp3) is 0.682. The summed E-state index contributed by atoms with van der Waals surface area (Å²) in [7, 11) is 0. The van der Waals surface area contributed by atoms with Crippen molar-refractivity contribution in [2.75, 3.05) is 18.4 Å². The number of hydrogen-bond acceptors (Lipinski definition) is 5. The molecule has 4 bridgehead atoms. The molecule has 3 N–H and O–H groups in total. The number of carbonyl (C=O) groups excluding carboxylic acids is 1. The summed E-state index contributed by atoms with van der Waals surface area (Å²) in [4.78, 5) is 27.3. The highest BCUT2D eigenvalue weighted by Gasteiger charge is 2.54. The number of piperidine rings is 1.